The van der Waals surface area contributed by atoms with Crippen LogP contribution >= 0.6 is 22.7 Å². The van der Waals surface area contributed by atoms with Crippen LogP contribution in [0.3, 0.4) is 0 Å². The molecule has 3 nitrogen and oxygen atoms in total. The molecule has 2 rings (SSSR count). The summed E-state index contributed by atoms with van der Waals surface area (Å²) in [6, 6.07) is 4.26. The Morgan fingerprint density at radius 3 is 2.94 bits per heavy atom. The van der Waals surface area contributed by atoms with Crippen molar-refractivity contribution in [2.24, 2.45) is 0 Å². The molecule has 0 saturated heterocycles. The molecule has 0 saturated carbocycles. The average molecular weight is 281 g/mol. The third-order valence-electron chi connectivity index (χ3n) is 2.72. The van der Waals surface area contributed by atoms with E-state index in [2.05, 4.69) is 53.6 Å². The highest BCUT2D eigenvalue weighted by atomic mass is 32.1. The highest BCUT2D eigenvalue weighted by molar-refractivity contribution is 7.15. The Morgan fingerprint density at radius 2 is 2.28 bits per heavy atom. The van der Waals surface area contributed by atoms with E-state index in [1.165, 1.54) is 9.75 Å². The van der Waals surface area contributed by atoms with Gasteiger partial charge in [0.2, 0.25) is 0 Å². The van der Waals surface area contributed by atoms with Crippen LogP contribution in [-0.4, -0.2) is 18.6 Å². The van der Waals surface area contributed by atoms with E-state index < -0.39 is 0 Å². The number of hydrogen-bond donors (Lipinski definition) is 1. The number of aromatic nitrogens is 1. The minimum Gasteiger partial charge on any atom is -0.346 e. The molecule has 0 aromatic carbocycles. The van der Waals surface area contributed by atoms with Crippen LogP contribution in [-0.2, 0) is 13.1 Å². The summed E-state index contributed by atoms with van der Waals surface area (Å²) in [5, 5.41) is 6.58. The molecule has 1 N–H and O–H groups in total. The second-order valence-corrected chi connectivity index (χ2v) is 6.32. The largest absolute Gasteiger partial charge is 0.346 e. The van der Waals surface area contributed by atoms with Crippen LogP contribution in [0.1, 0.15) is 22.4 Å². The molecule has 0 aliphatic rings. The third kappa shape index (κ3) is 3.31. The van der Waals surface area contributed by atoms with Crippen LogP contribution in [0.25, 0.3) is 0 Å². The molecule has 5 heteroatoms. The van der Waals surface area contributed by atoms with Crippen molar-refractivity contribution in [2.75, 3.05) is 18.5 Å². The van der Waals surface area contributed by atoms with Gasteiger partial charge in [-0.25, -0.2) is 4.98 Å². The van der Waals surface area contributed by atoms with Crippen LogP contribution in [0.15, 0.2) is 17.5 Å². The normalized spacial score (nSPS) is 10.8. The molecular weight excluding hydrogens is 262 g/mol. The van der Waals surface area contributed by atoms with E-state index in [0.29, 0.717) is 0 Å². The van der Waals surface area contributed by atoms with Crippen molar-refractivity contribution < 1.29 is 0 Å². The summed E-state index contributed by atoms with van der Waals surface area (Å²) < 4.78 is 0. The molecule has 2 heterocycles. The second-order valence-electron chi connectivity index (χ2n) is 4.22. The first-order valence-corrected chi connectivity index (χ1v) is 7.81. The van der Waals surface area contributed by atoms with Gasteiger partial charge in [-0.1, -0.05) is 13.0 Å². The third-order valence-corrected chi connectivity index (χ3v) is 4.85. The van der Waals surface area contributed by atoms with Gasteiger partial charge in [-0.3, -0.25) is 0 Å². The van der Waals surface area contributed by atoms with E-state index >= 15 is 0 Å². The number of hydrogen-bond acceptors (Lipinski definition) is 5. The van der Waals surface area contributed by atoms with Crippen LogP contribution in [0.4, 0.5) is 5.13 Å². The summed E-state index contributed by atoms with van der Waals surface area (Å²) in [7, 11) is 2.11. The highest BCUT2D eigenvalue weighted by Crippen LogP contribution is 2.26. The summed E-state index contributed by atoms with van der Waals surface area (Å²) in [5.41, 5.74) is 1.15. The van der Waals surface area contributed by atoms with E-state index in [1.54, 1.807) is 22.7 Å². The molecule has 0 spiro atoms. The standard InChI is InChI=1S/C13H19N3S2/c1-4-14-8-12-10(2)15-13(18-12)16(3)9-11-6-5-7-17-11/h5-7,14H,4,8-9H2,1-3H3. The minimum absolute atomic E-state index is 0.923. The lowest BCUT2D eigenvalue weighted by Crippen LogP contribution is -2.15. The van der Waals surface area contributed by atoms with Crippen molar-refractivity contribution in [3.63, 3.8) is 0 Å². The molecule has 0 unspecified atom stereocenters. The van der Waals surface area contributed by atoms with Gasteiger partial charge in [0.05, 0.1) is 12.2 Å². The monoisotopic (exact) mass is 281 g/mol. The number of aryl methyl sites for hydroxylation is 1. The van der Waals surface area contributed by atoms with Crippen LogP contribution in [0.5, 0.6) is 0 Å². The summed E-state index contributed by atoms with van der Waals surface area (Å²) in [6.45, 7) is 7.07. The maximum Gasteiger partial charge on any atom is 0.185 e. The Morgan fingerprint density at radius 1 is 1.44 bits per heavy atom. The van der Waals surface area contributed by atoms with Crippen molar-refractivity contribution >= 4 is 27.8 Å². The minimum atomic E-state index is 0.923. The maximum atomic E-state index is 4.65. The fraction of sp³-hybridized carbons (Fsp3) is 0.462. The summed E-state index contributed by atoms with van der Waals surface area (Å²) in [6.07, 6.45) is 0. The number of rotatable bonds is 6. The second kappa shape index (κ2) is 6.31. The van der Waals surface area contributed by atoms with Crippen molar-refractivity contribution in [2.45, 2.75) is 26.9 Å². The maximum absolute atomic E-state index is 4.65. The average Bonchev–Trinajstić information content (AvgIpc) is 2.96. The zero-order valence-corrected chi connectivity index (χ0v) is 12.7. The summed E-state index contributed by atoms with van der Waals surface area (Å²) >= 11 is 3.58. The first-order chi connectivity index (χ1) is 8.70. The zero-order valence-electron chi connectivity index (χ0n) is 11.1. The van der Waals surface area contributed by atoms with Gasteiger partial charge in [-0.05, 0) is 24.9 Å². The van der Waals surface area contributed by atoms with E-state index in [9.17, 15) is 0 Å². The summed E-state index contributed by atoms with van der Waals surface area (Å²) in [4.78, 5) is 9.59. The van der Waals surface area contributed by atoms with Gasteiger partial charge in [0.25, 0.3) is 0 Å². The van der Waals surface area contributed by atoms with Crippen LogP contribution in [0, 0.1) is 6.92 Å². The van der Waals surface area contributed by atoms with E-state index in [4.69, 9.17) is 0 Å². The lowest BCUT2D eigenvalue weighted by Gasteiger charge is -2.14. The molecule has 18 heavy (non-hydrogen) atoms. The van der Waals surface area contributed by atoms with Gasteiger partial charge in [-0.15, -0.1) is 22.7 Å². The molecule has 0 bridgehead atoms. The van der Waals surface area contributed by atoms with Crippen molar-refractivity contribution in [3.05, 3.63) is 33.0 Å². The van der Waals surface area contributed by atoms with E-state index in [-0.39, 0.29) is 0 Å². The SMILES string of the molecule is CCNCc1sc(N(C)Cc2cccs2)nc1C. The molecule has 98 valence electrons. The van der Waals surface area contributed by atoms with E-state index in [1.807, 2.05) is 0 Å². The molecule has 0 atom stereocenters. The van der Waals surface area contributed by atoms with Crippen LogP contribution in [0.2, 0.25) is 0 Å². The molecular formula is C13H19N3S2. The predicted octanol–water partition coefficient (Wildman–Crippen LogP) is 3.26. The molecule has 2 aromatic rings. The Balaban J connectivity index is 2.03. The molecule has 0 radical (unpaired) electrons. The Kier molecular flexibility index (Phi) is 4.74. The van der Waals surface area contributed by atoms with Crippen molar-refractivity contribution in [3.8, 4) is 0 Å². The molecule has 0 fully saturated rings. The van der Waals surface area contributed by atoms with Gasteiger partial charge in [0.15, 0.2) is 5.13 Å². The molecule has 2 aromatic heterocycles. The van der Waals surface area contributed by atoms with Gasteiger partial charge < -0.3 is 10.2 Å². The fourth-order valence-corrected chi connectivity index (χ4v) is 3.43. The number of thiazole rings is 1. The van der Waals surface area contributed by atoms with Crippen molar-refractivity contribution in [1.82, 2.24) is 10.3 Å². The molecule has 0 aliphatic heterocycles. The van der Waals surface area contributed by atoms with Gasteiger partial charge in [-0.2, -0.15) is 0 Å². The fourth-order valence-electron chi connectivity index (χ4n) is 1.68. The van der Waals surface area contributed by atoms with Gasteiger partial charge in [0, 0.05) is 23.3 Å². The van der Waals surface area contributed by atoms with Gasteiger partial charge in [0.1, 0.15) is 0 Å². The number of anilines is 1. The molecule has 0 aliphatic carbocycles. The lowest BCUT2D eigenvalue weighted by atomic mass is 10.4. The molecule has 0 amide bonds. The summed E-state index contributed by atoms with van der Waals surface area (Å²) in [5.74, 6) is 0. The zero-order chi connectivity index (χ0) is 13.0. The van der Waals surface area contributed by atoms with Gasteiger partial charge >= 0.3 is 0 Å². The number of nitrogens with zero attached hydrogens (tertiary/aromatic N) is 2. The highest BCUT2D eigenvalue weighted by Gasteiger charge is 2.11. The number of thiophene rings is 1. The Labute approximate surface area is 116 Å². The smallest absolute Gasteiger partial charge is 0.185 e. The Bertz CT molecular complexity index is 476. The Hall–Kier alpha value is -0.910. The predicted molar refractivity (Wildman–Crippen MR) is 80.7 cm³/mol. The van der Waals surface area contributed by atoms with Crippen LogP contribution < -0.4 is 10.2 Å². The lowest BCUT2D eigenvalue weighted by molar-refractivity contribution is 0.731. The quantitative estimate of drug-likeness (QED) is 0.881. The first kappa shape index (κ1) is 13.5. The van der Waals surface area contributed by atoms with Crippen molar-refractivity contribution in [1.29, 1.82) is 0 Å². The number of nitrogens with one attached hydrogen (secondary N) is 1. The first-order valence-electron chi connectivity index (χ1n) is 6.11. The van der Waals surface area contributed by atoms with E-state index in [0.717, 1.165) is 30.5 Å². The topological polar surface area (TPSA) is 28.2 Å².